The van der Waals surface area contributed by atoms with E-state index in [0.717, 1.165) is 18.0 Å². The Morgan fingerprint density at radius 2 is 1.94 bits per heavy atom. The van der Waals surface area contributed by atoms with E-state index in [2.05, 4.69) is 38.0 Å². The summed E-state index contributed by atoms with van der Waals surface area (Å²) in [5.41, 5.74) is 1.40. The largest absolute Gasteiger partial charge is 0.448 e. The Morgan fingerprint density at radius 3 is 2.56 bits per heavy atom. The third-order valence-electron chi connectivity index (χ3n) is 3.93. The molecule has 0 unspecified atom stereocenters. The van der Waals surface area contributed by atoms with Crippen molar-refractivity contribution in [3.63, 3.8) is 0 Å². The van der Waals surface area contributed by atoms with Gasteiger partial charge in [-0.3, -0.25) is 0 Å². The van der Waals surface area contributed by atoms with Gasteiger partial charge in [-0.15, -0.1) is 0 Å². The summed E-state index contributed by atoms with van der Waals surface area (Å²) in [4.78, 5) is 4.41. The molecule has 3 heteroatoms. The van der Waals surface area contributed by atoms with Crippen LogP contribution in [0.4, 0.5) is 0 Å². The lowest BCUT2D eigenvalue weighted by Gasteiger charge is -2.32. The first-order valence-electron chi connectivity index (χ1n) is 7.09. The molecule has 0 amide bonds. The molecular formula is C15H26N2O. The summed E-state index contributed by atoms with van der Waals surface area (Å²) >= 11 is 0. The van der Waals surface area contributed by atoms with E-state index in [9.17, 15) is 0 Å². The third kappa shape index (κ3) is 3.14. The first kappa shape index (κ1) is 13.6. The van der Waals surface area contributed by atoms with Crippen molar-refractivity contribution in [2.45, 2.75) is 77.3 Å². The Kier molecular flexibility index (Phi) is 3.81. The van der Waals surface area contributed by atoms with Crippen molar-refractivity contribution < 1.29 is 4.42 Å². The summed E-state index contributed by atoms with van der Waals surface area (Å²) in [7, 11) is 0. The summed E-state index contributed by atoms with van der Waals surface area (Å²) in [6.45, 7) is 9.65. The van der Waals surface area contributed by atoms with Crippen LogP contribution in [0.5, 0.6) is 0 Å². The van der Waals surface area contributed by atoms with Crippen LogP contribution >= 0.6 is 0 Å². The van der Waals surface area contributed by atoms with Gasteiger partial charge in [-0.1, -0.05) is 26.2 Å². The molecule has 0 radical (unpaired) electrons. The zero-order valence-electron chi connectivity index (χ0n) is 12.2. The first-order chi connectivity index (χ1) is 8.41. The number of aromatic nitrogens is 1. The molecule has 0 spiro atoms. The van der Waals surface area contributed by atoms with Crippen LogP contribution in [0.1, 0.15) is 71.3 Å². The van der Waals surface area contributed by atoms with Gasteiger partial charge in [-0.2, -0.15) is 0 Å². The zero-order valence-corrected chi connectivity index (χ0v) is 12.2. The monoisotopic (exact) mass is 250 g/mol. The van der Waals surface area contributed by atoms with Gasteiger partial charge in [0.25, 0.3) is 0 Å². The van der Waals surface area contributed by atoms with Gasteiger partial charge in [0.1, 0.15) is 5.76 Å². The highest BCUT2D eigenvalue weighted by Crippen LogP contribution is 2.40. The van der Waals surface area contributed by atoms with Crippen LogP contribution in [0.3, 0.4) is 0 Å². The van der Waals surface area contributed by atoms with Crippen LogP contribution in [0.25, 0.3) is 0 Å². The predicted molar refractivity (Wildman–Crippen MR) is 73.5 cm³/mol. The van der Waals surface area contributed by atoms with Crippen molar-refractivity contribution >= 4 is 0 Å². The maximum absolute atomic E-state index is 5.72. The zero-order chi connectivity index (χ0) is 13.2. The molecule has 1 aromatic heterocycles. The predicted octanol–water partition coefficient (Wildman–Crippen LogP) is 3.78. The lowest BCUT2D eigenvalue weighted by molar-refractivity contribution is 0.263. The minimum atomic E-state index is 0.115. The number of rotatable bonds is 3. The van der Waals surface area contributed by atoms with E-state index in [4.69, 9.17) is 4.42 Å². The van der Waals surface area contributed by atoms with Crippen molar-refractivity contribution in [3.05, 3.63) is 17.8 Å². The number of hydrogen-bond donors (Lipinski definition) is 1. The molecule has 0 bridgehead atoms. The fourth-order valence-electron chi connectivity index (χ4n) is 2.79. The van der Waals surface area contributed by atoms with Gasteiger partial charge in [-0.05, 0) is 33.6 Å². The second-order valence-electron chi connectivity index (χ2n) is 6.85. The second kappa shape index (κ2) is 5.04. The van der Waals surface area contributed by atoms with Crippen LogP contribution in [0.2, 0.25) is 0 Å². The minimum absolute atomic E-state index is 0.115. The maximum atomic E-state index is 5.72. The molecule has 2 rings (SSSR count). The quantitative estimate of drug-likeness (QED) is 0.887. The fourth-order valence-corrected chi connectivity index (χ4v) is 2.79. The molecule has 1 aliphatic carbocycles. The summed E-state index contributed by atoms with van der Waals surface area (Å²) in [5.74, 6) is 1.11. The number of nitrogens with zero attached hydrogens (tertiary/aromatic N) is 1. The summed E-state index contributed by atoms with van der Waals surface area (Å²) in [6, 6.07) is 0. The standard InChI is InChI=1S/C15H26N2O/c1-14(2,3)17-10-12-13(18-11-16-12)15(4)8-6-5-7-9-15/h11,17H,5-10H2,1-4H3. The van der Waals surface area contributed by atoms with Crippen LogP contribution in [-0.2, 0) is 12.0 Å². The Labute approximate surface area is 110 Å². The SMILES string of the molecule is CC(C)(C)NCc1ncoc1C1(C)CCCCC1. The lowest BCUT2D eigenvalue weighted by atomic mass is 9.73. The third-order valence-corrected chi connectivity index (χ3v) is 3.93. The Balaban J connectivity index is 2.11. The molecule has 0 saturated heterocycles. The van der Waals surface area contributed by atoms with Crippen LogP contribution in [-0.4, -0.2) is 10.5 Å². The molecule has 1 aliphatic rings. The highest BCUT2D eigenvalue weighted by atomic mass is 16.3. The maximum Gasteiger partial charge on any atom is 0.181 e. The first-order valence-corrected chi connectivity index (χ1v) is 7.09. The molecule has 1 aromatic rings. The molecule has 3 nitrogen and oxygen atoms in total. The van der Waals surface area contributed by atoms with Crippen LogP contribution in [0, 0.1) is 0 Å². The van der Waals surface area contributed by atoms with Gasteiger partial charge in [0, 0.05) is 17.5 Å². The van der Waals surface area contributed by atoms with Crippen molar-refractivity contribution in [3.8, 4) is 0 Å². The molecular weight excluding hydrogens is 224 g/mol. The smallest absolute Gasteiger partial charge is 0.181 e. The average Bonchev–Trinajstić information content (AvgIpc) is 2.75. The topological polar surface area (TPSA) is 38.1 Å². The van der Waals surface area contributed by atoms with Crippen molar-refractivity contribution in [1.29, 1.82) is 0 Å². The van der Waals surface area contributed by atoms with Crippen LogP contribution < -0.4 is 5.32 Å². The van der Waals surface area contributed by atoms with Gasteiger partial charge in [-0.25, -0.2) is 4.98 Å². The summed E-state index contributed by atoms with van der Waals surface area (Å²) in [6.07, 6.45) is 8.04. The van der Waals surface area contributed by atoms with Gasteiger partial charge in [0.15, 0.2) is 6.39 Å². The molecule has 0 atom stereocenters. The van der Waals surface area contributed by atoms with Crippen molar-refractivity contribution in [1.82, 2.24) is 10.3 Å². The molecule has 1 saturated carbocycles. The van der Waals surface area contributed by atoms with Crippen molar-refractivity contribution in [2.75, 3.05) is 0 Å². The second-order valence-corrected chi connectivity index (χ2v) is 6.85. The fraction of sp³-hybridized carbons (Fsp3) is 0.800. The van der Waals surface area contributed by atoms with Gasteiger partial charge in [0.2, 0.25) is 0 Å². The van der Waals surface area contributed by atoms with E-state index < -0.39 is 0 Å². The Morgan fingerprint density at radius 1 is 1.28 bits per heavy atom. The van der Waals surface area contributed by atoms with E-state index in [1.54, 1.807) is 6.39 Å². The van der Waals surface area contributed by atoms with E-state index >= 15 is 0 Å². The van der Waals surface area contributed by atoms with Gasteiger partial charge in [0.05, 0.1) is 5.69 Å². The Hall–Kier alpha value is -0.830. The number of oxazole rings is 1. The van der Waals surface area contributed by atoms with Gasteiger partial charge < -0.3 is 9.73 Å². The molecule has 1 fully saturated rings. The molecule has 1 N–H and O–H groups in total. The summed E-state index contributed by atoms with van der Waals surface area (Å²) in [5, 5.41) is 3.50. The Bertz CT molecular complexity index is 383. The molecule has 0 aromatic carbocycles. The lowest BCUT2D eigenvalue weighted by Crippen LogP contribution is -2.36. The highest BCUT2D eigenvalue weighted by molar-refractivity contribution is 5.19. The highest BCUT2D eigenvalue weighted by Gasteiger charge is 2.34. The van der Waals surface area contributed by atoms with E-state index in [0.29, 0.717) is 0 Å². The van der Waals surface area contributed by atoms with Crippen molar-refractivity contribution in [2.24, 2.45) is 0 Å². The van der Waals surface area contributed by atoms with E-state index in [1.807, 2.05) is 0 Å². The molecule has 18 heavy (non-hydrogen) atoms. The minimum Gasteiger partial charge on any atom is -0.448 e. The average molecular weight is 250 g/mol. The molecule has 1 heterocycles. The van der Waals surface area contributed by atoms with Crippen LogP contribution in [0.15, 0.2) is 10.8 Å². The van der Waals surface area contributed by atoms with E-state index in [-0.39, 0.29) is 11.0 Å². The van der Waals surface area contributed by atoms with E-state index in [1.165, 1.54) is 32.1 Å². The normalized spacial score (nSPS) is 20.0. The number of hydrogen-bond acceptors (Lipinski definition) is 3. The number of nitrogens with one attached hydrogen (secondary N) is 1. The summed E-state index contributed by atoms with van der Waals surface area (Å²) < 4.78 is 5.72. The molecule has 0 aliphatic heterocycles. The van der Waals surface area contributed by atoms with Gasteiger partial charge >= 0.3 is 0 Å². The molecule has 102 valence electrons.